The third kappa shape index (κ3) is 5.06. The van der Waals surface area contributed by atoms with Crippen molar-refractivity contribution in [2.45, 2.75) is 20.0 Å². The van der Waals surface area contributed by atoms with Crippen molar-refractivity contribution < 1.29 is 13.2 Å². The van der Waals surface area contributed by atoms with Gasteiger partial charge in [0.1, 0.15) is 5.82 Å². The summed E-state index contributed by atoms with van der Waals surface area (Å²) in [4.78, 5) is 14.7. The molecule has 0 atom stereocenters. The van der Waals surface area contributed by atoms with Gasteiger partial charge < -0.3 is 10.2 Å². The number of aliphatic imine (C=N–C) groups is 1. The van der Waals surface area contributed by atoms with Gasteiger partial charge in [0.25, 0.3) is 0 Å². The van der Waals surface area contributed by atoms with E-state index in [1.807, 2.05) is 27.0 Å². The van der Waals surface area contributed by atoms with E-state index in [4.69, 9.17) is 0 Å². The molecule has 0 radical (unpaired) electrons. The Morgan fingerprint density at radius 1 is 1.26 bits per heavy atom. The van der Waals surface area contributed by atoms with Crippen molar-refractivity contribution >= 4 is 29.2 Å². The number of halogens is 3. The smallest absolute Gasteiger partial charge is 0.344 e. The molecular formula is C19H22F3N5. The Labute approximate surface area is 156 Å². The summed E-state index contributed by atoms with van der Waals surface area (Å²) < 4.78 is 39.8. The van der Waals surface area contributed by atoms with Crippen LogP contribution in [0.5, 0.6) is 0 Å². The molecule has 5 nitrogen and oxygen atoms in total. The van der Waals surface area contributed by atoms with E-state index in [-0.39, 0.29) is 11.5 Å². The average molecular weight is 377 g/mol. The van der Waals surface area contributed by atoms with Crippen molar-refractivity contribution in [2.75, 3.05) is 30.9 Å². The van der Waals surface area contributed by atoms with Crippen LogP contribution in [0.1, 0.15) is 25.1 Å². The zero-order valence-electron chi connectivity index (χ0n) is 15.7. The number of hydrogen-bond donors (Lipinski definition) is 1. The number of rotatable bonds is 6. The van der Waals surface area contributed by atoms with Crippen molar-refractivity contribution in [1.29, 1.82) is 0 Å². The third-order valence-corrected chi connectivity index (χ3v) is 3.90. The minimum atomic E-state index is -4.47. The third-order valence-electron chi connectivity index (χ3n) is 3.90. The molecule has 0 aliphatic rings. The summed E-state index contributed by atoms with van der Waals surface area (Å²) in [6, 6.07) is 6.91. The Morgan fingerprint density at radius 3 is 2.56 bits per heavy atom. The van der Waals surface area contributed by atoms with Crippen molar-refractivity contribution in [3.8, 4) is 0 Å². The number of para-hydroxylation sites is 1. The summed E-state index contributed by atoms with van der Waals surface area (Å²) in [6.07, 6.45) is -0.990. The van der Waals surface area contributed by atoms with Gasteiger partial charge in [-0.25, -0.2) is 4.98 Å². The van der Waals surface area contributed by atoms with Gasteiger partial charge in [-0.1, -0.05) is 18.2 Å². The first-order valence-corrected chi connectivity index (χ1v) is 8.42. The molecule has 0 amide bonds. The van der Waals surface area contributed by atoms with Crippen LogP contribution in [0.2, 0.25) is 0 Å². The molecular weight excluding hydrogens is 355 g/mol. The van der Waals surface area contributed by atoms with Gasteiger partial charge in [-0.05, 0) is 26.0 Å². The van der Waals surface area contributed by atoms with E-state index in [0.29, 0.717) is 18.2 Å². The molecule has 1 N–H and O–H groups in total. The lowest BCUT2D eigenvalue weighted by Gasteiger charge is -2.18. The van der Waals surface area contributed by atoms with Crippen molar-refractivity contribution in [1.82, 2.24) is 9.97 Å². The molecule has 0 saturated heterocycles. The first-order valence-electron chi connectivity index (χ1n) is 8.42. The quantitative estimate of drug-likeness (QED) is 0.735. The Bertz CT molecular complexity index is 843. The van der Waals surface area contributed by atoms with E-state index in [2.05, 4.69) is 20.3 Å². The Kier molecular flexibility index (Phi) is 6.55. The number of allylic oxidation sites excluding steroid dienone is 2. The summed E-state index contributed by atoms with van der Waals surface area (Å²) in [5.41, 5.74) is 0.501. The molecule has 0 bridgehead atoms. The SMILES string of the molecule is C/C=C(\C=NC)c1cc(Nc2ccccc2C(F)(F)F)nc(N(C)CC)n1. The van der Waals surface area contributed by atoms with E-state index < -0.39 is 11.7 Å². The number of anilines is 3. The molecule has 1 aromatic carbocycles. The fourth-order valence-electron chi connectivity index (χ4n) is 2.36. The Hall–Kier alpha value is -2.90. The molecule has 27 heavy (non-hydrogen) atoms. The van der Waals surface area contributed by atoms with Crippen LogP contribution in [0.15, 0.2) is 41.4 Å². The standard InChI is InChI=1S/C19H22F3N5/c1-5-13(12-23-3)16-11-17(26-18(25-16)27(4)6-2)24-15-10-8-7-9-14(15)19(20,21)22/h5,7-12H,6H2,1-4H3,(H,24,25,26)/b13-5+,23-12?. The highest BCUT2D eigenvalue weighted by molar-refractivity contribution is 6.09. The van der Waals surface area contributed by atoms with Crippen LogP contribution in [0, 0.1) is 0 Å². The molecule has 2 rings (SSSR count). The topological polar surface area (TPSA) is 53.4 Å². The van der Waals surface area contributed by atoms with Crippen LogP contribution in [0.3, 0.4) is 0 Å². The minimum absolute atomic E-state index is 0.0639. The normalized spacial score (nSPS) is 12.5. The lowest BCUT2D eigenvalue weighted by molar-refractivity contribution is -0.136. The van der Waals surface area contributed by atoms with Gasteiger partial charge >= 0.3 is 6.18 Å². The summed E-state index contributed by atoms with van der Waals surface area (Å²) in [5.74, 6) is 0.682. The maximum Gasteiger partial charge on any atom is 0.418 e. The maximum absolute atomic E-state index is 13.3. The van der Waals surface area contributed by atoms with E-state index in [9.17, 15) is 13.2 Å². The fourth-order valence-corrected chi connectivity index (χ4v) is 2.36. The molecule has 1 aromatic heterocycles. The second-order valence-corrected chi connectivity index (χ2v) is 5.75. The summed E-state index contributed by atoms with van der Waals surface area (Å²) in [5, 5.41) is 2.79. The molecule has 1 heterocycles. The fraction of sp³-hybridized carbons (Fsp3) is 0.316. The highest BCUT2D eigenvalue weighted by Gasteiger charge is 2.33. The molecule has 0 unspecified atom stereocenters. The van der Waals surface area contributed by atoms with Gasteiger partial charge in [0, 0.05) is 38.5 Å². The molecule has 0 spiro atoms. The zero-order valence-corrected chi connectivity index (χ0v) is 15.7. The van der Waals surface area contributed by atoms with Crippen LogP contribution >= 0.6 is 0 Å². The van der Waals surface area contributed by atoms with Crippen molar-refractivity contribution in [2.24, 2.45) is 4.99 Å². The molecule has 0 saturated carbocycles. The van der Waals surface area contributed by atoms with Crippen molar-refractivity contribution in [3.05, 3.63) is 47.7 Å². The van der Waals surface area contributed by atoms with Crippen LogP contribution in [0.4, 0.5) is 30.6 Å². The van der Waals surface area contributed by atoms with E-state index >= 15 is 0 Å². The molecule has 2 aromatic rings. The first kappa shape index (κ1) is 20.4. The Balaban J connectivity index is 2.54. The van der Waals surface area contributed by atoms with Crippen LogP contribution in [-0.2, 0) is 6.18 Å². The summed E-state index contributed by atoms with van der Waals surface area (Å²) >= 11 is 0. The maximum atomic E-state index is 13.3. The molecule has 144 valence electrons. The summed E-state index contributed by atoms with van der Waals surface area (Å²) in [7, 11) is 3.46. The van der Waals surface area contributed by atoms with Gasteiger partial charge in [0.2, 0.25) is 5.95 Å². The van der Waals surface area contributed by atoms with Gasteiger partial charge in [-0.2, -0.15) is 18.2 Å². The van der Waals surface area contributed by atoms with Gasteiger partial charge in [0.15, 0.2) is 0 Å². The molecule has 0 fully saturated rings. The van der Waals surface area contributed by atoms with Gasteiger partial charge in [-0.3, -0.25) is 4.99 Å². The summed E-state index contributed by atoms with van der Waals surface area (Å²) in [6.45, 7) is 4.43. The largest absolute Gasteiger partial charge is 0.418 e. The van der Waals surface area contributed by atoms with Gasteiger partial charge in [-0.15, -0.1) is 0 Å². The molecule has 0 aliphatic carbocycles. The predicted octanol–water partition coefficient (Wildman–Crippen LogP) is 4.80. The monoisotopic (exact) mass is 377 g/mol. The number of alkyl halides is 3. The zero-order chi connectivity index (χ0) is 20.0. The van der Waals surface area contributed by atoms with Crippen LogP contribution in [0.25, 0.3) is 5.57 Å². The number of nitrogens with zero attached hydrogens (tertiary/aromatic N) is 4. The van der Waals surface area contributed by atoms with Gasteiger partial charge in [0.05, 0.1) is 16.9 Å². The first-order chi connectivity index (χ1) is 12.8. The second-order valence-electron chi connectivity index (χ2n) is 5.75. The number of aromatic nitrogens is 2. The highest BCUT2D eigenvalue weighted by Crippen LogP contribution is 2.36. The number of hydrogen-bond acceptors (Lipinski definition) is 5. The second kappa shape index (κ2) is 8.66. The highest BCUT2D eigenvalue weighted by atomic mass is 19.4. The van der Waals surface area contributed by atoms with Crippen LogP contribution in [-0.4, -0.2) is 36.8 Å². The molecule has 8 heteroatoms. The lowest BCUT2D eigenvalue weighted by Crippen LogP contribution is -2.20. The van der Waals surface area contributed by atoms with E-state index in [0.717, 1.165) is 11.6 Å². The minimum Gasteiger partial charge on any atom is -0.344 e. The number of nitrogens with one attached hydrogen (secondary N) is 1. The Morgan fingerprint density at radius 2 is 1.96 bits per heavy atom. The van der Waals surface area contributed by atoms with E-state index in [1.165, 1.54) is 12.1 Å². The predicted molar refractivity (Wildman–Crippen MR) is 104 cm³/mol. The van der Waals surface area contributed by atoms with Crippen molar-refractivity contribution in [3.63, 3.8) is 0 Å². The van der Waals surface area contributed by atoms with Crippen LogP contribution < -0.4 is 10.2 Å². The lowest BCUT2D eigenvalue weighted by atomic mass is 10.1. The average Bonchev–Trinajstić information content (AvgIpc) is 2.64. The molecule has 0 aliphatic heterocycles. The number of benzene rings is 1. The van der Waals surface area contributed by atoms with E-state index in [1.54, 1.807) is 30.3 Å².